The van der Waals surface area contributed by atoms with E-state index in [1.807, 2.05) is 32.0 Å². The number of carbonyl (C=O) groups is 1. The van der Waals surface area contributed by atoms with Gasteiger partial charge < -0.3 is 5.32 Å². The Bertz CT molecular complexity index is 1020. The van der Waals surface area contributed by atoms with Crippen molar-refractivity contribution in [3.8, 4) is 11.8 Å². The lowest BCUT2D eigenvalue weighted by Gasteiger charge is -2.13. The average molecular weight is 378 g/mol. The summed E-state index contributed by atoms with van der Waals surface area (Å²) in [5, 5.41) is 23.9. The van der Waals surface area contributed by atoms with E-state index in [4.69, 9.17) is 5.26 Å². The third kappa shape index (κ3) is 3.99. The Labute approximate surface area is 161 Å². The van der Waals surface area contributed by atoms with Crippen LogP contribution in [0.3, 0.4) is 0 Å². The number of hydrogen-bond acceptors (Lipinski definition) is 6. The van der Waals surface area contributed by atoms with Gasteiger partial charge in [0.1, 0.15) is 6.07 Å². The van der Waals surface area contributed by atoms with Crippen LogP contribution in [-0.4, -0.2) is 31.4 Å². The lowest BCUT2D eigenvalue weighted by Crippen LogP contribution is -2.23. The van der Waals surface area contributed by atoms with Gasteiger partial charge in [-0.25, -0.2) is 0 Å². The molecule has 1 heterocycles. The van der Waals surface area contributed by atoms with E-state index in [9.17, 15) is 4.79 Å². The van der Waals surface area contributed by atoms with Crippen molar-refractivity contribution < 1.29 is 4.79 Å². The van der Waals surface area contributed by atoms with E-state index in [0.29, 0.717) is 16.4 Å². The normalized spacial score (nSPS) is 11.6. The van der Waals surface area contributed by atoms with Crippen molar-refractivity contribution in [3.05, 3.63) is 59.2 Å². The Hall–Kier alpha value is -3.18. The predicted octanol–water partition coefficient (Wildman–Crippen LogP) is 3.27. The third-order valence-corrected chi connectivity index (χ3v) is 5.23. The van der Waals surface area contributed by atoms with Crippen molar-refractivity contribution in [3.63, 3.8) is 0 Å². The highest BCUT2D eigenvalue weighted by Gasteiger charge is 2.20. The van der Waals surface area contributed by atoms with Crippen LogP contribution in [0.4, 0.5) is 5.69 Å². The van der Waals surface area contributed by atoms with Crippen LogP contribution in [0.2, 0.25) is 0 Å². The number of para-hydroxylation sites is 1. The molecular weight excluding hydrogens is 360 g/mol. The number of amides is 1. The van der Waals surface area contributed by atoms with E-state index in [1.165, 1.54) is 11.8 Å². The van der Waals surface area contributed by atoms with Crippen molar-refractivity contribution in [2.45, 2.75) is 31.2 Å². The van der Waals surface area contributed by atoms with Crippen LogP contribution in [0.25, 0.3) is 5.69 Å². The number of hydrogen-bond donors (Lipinski definition) is 1. The van der Waals surface area contributed by atoms with E-state index < -0.39 is 5.25 Å². The molecule has 0 bridgehead atoms. The van der Waals surface area contributed by atoms with Crippen molar-refractivity contribution in [1.82, 2.24) is 20.2 Å². The zero-order chi connectivity index (χ0) is 19.4. The number of carbonyl (C=O) groups excluding carboxylic acids is 1. The van der Waals surface area contributed by atoms with E-state index in [0.717, 1.165) is 16.8 Å². The van der Waals surface area contributed by atoms with Crippen molar-refractivity contribution >= 4 is 23.4 Å². The van der Waals surface area contributed by atoms with Crippen LogP contribution in [-0.2, 0) is 4.79 Å². The van der Waals surface area contributed by atoms with Gasteiger partial charge in [-0.05, 0) is 60.5 Å². The first kappa shape index (κ1) is 18.6. The summed E-state index contributed by atoms with van der Waals surface area (Å²) < 4.78 is 1.64. The summed E-state index contributed by atoms with van der Waals surface area (Å²) in [6, 6.07) is 14.9. The maximum Gasteiger partial charge on any atom is 0.237 e. The van der Waals surface area contributed by atoms with Gasteiger partial charge in [-0.3, -0.25) is 4.79 Å². The molecule has 1 aromatic heterocycles. The molecule has 2 aromatic carbocycles. The lowest BCUT2D eigenvalue weighted by molar-refractivity contribution is -0.115. The smallest absolute Gasteiger partial charge is 0.237 e. The number of nitriles is 1. The topological polar surface area (TPSA) is 96.5 Å². The second-order valence-corrected chi connectivity index (χ2v) is 7.31. The van der Waals surface area contributed by atoms with Gasteiger partial charge >= 0.3 is 0 Å². The number of aromatic nitrogens is 4. The fraction of sp³-hybridized carbons (Fsp3) is 0.211. The third-order valence-electron chi connectivity index (χ3n) is 4.20. The SMILES string of the molecule is Cc1cccc(-n2nnnc2SC(C)C(=O)Nc2ccccc2C#N)c1C. The standard InChI is InChI=1S/C19H18N6OS/c1-12-7-6-10-17(13(12)2)25-19(22-23-24-25)27-14(3)18(26)21-16-9-5-4-8-15(16)11-20/h4-10,14H,1-3H3,(H,21,26). The van der Waals surface area contributed by atoms with Gasteiger partial charge in [0.15, 0.2) is 0 Å². The number of nitrogens with one attached hydrogen (secondary N) is 1. The molecule has 0 spiro atoms. The zero-order valence-corrected chi connectivity index (χ0v) is 16.0. The molecule has 0 fully saturated rings. The van der Waals surface area contributed by atoms with Crippen molar-refractivity contribution in [1.29, 1.82) is 5.26 Å². The van der Waals surface area contributed by atoms with Crippen LogP contribution in [0.1, 0.15) is 23.6 Å². The molecule has 0 radical (unpaired) electrons. The summed E-state index contributed by atoms with van der Waals surface area (Å²) in [6.07, 6.45) is 0. The number of aryl methyl sites for hydroxylation is 1. The highest BCUT2D eigenvalue weighted by molar-refractivity contribution is 8.00. The first-order chi connectivity index (χ1) is 13.0. The molecule has 1 atom stereocenters. The van der Waals surface area contributed by atoms with E-state index in [2.05, 4.69) is 26.9 Å². The molecule has 0 saturated carbocycles. The molecule has 0 aliphatic heterocycles. The van der Waals surface area contributed by atoms with Gasteiger partial charge in [-0.2, -0.15) is 9.94 Å². The molecule has 1 unspecified atom stereocenters. The van der Waals surface area contributed by atoms with Crippen LogP contribution >= 0.6 is 11.8 Å². The molecule has 1 amide bonds. The van der Waals surface area contributed by atoms with Crippen LogP contribution in [0.5, 0.6) is 0 Å². The van der Waals surface area contributed by atoms with Gasteiger partial charge in [-0.1, -0.05) is 36.0 Å². The molecule has 3 aromatic rings. The van der Waals surface area contributed by atoms with Crippen LogP contribution in [0, 0.1) is 25.2 Å². The monoisotopic (exact) mass is 378 g/mol. The Morgan fingerprint density at radius 2 is 2.00 bits per heavy atom. The minimum Gasteiger partial charge on any atom is -0.324 e. The first-order valence-electron chi connectivity index (χ1n) is 8.33. The summed E-state index contributed by atoms with van der Waals surface area (Å²) in [7, 11) is 0. The number of tetrazole rings is 1. The number of anilines is 1. The molecular formula is C19H18N6OS. The van der Waals surface area contributed by atoms with E-state index >= 15 is 0 Å². The minimum atomic E-state index is -0.452. The molecule has 1 N–H and O–H groups in total. The maximum absolute atomic E-state index is 12.6. The fourth-order valence-corrected chi connectivity index (χ4v) is 3.30. The Balaban J connectivity index is 1.78. The van der Waals surface area contributed by atoms with Crippen molar-refractivity contribution in [2.75, 3.05) is 5.32 Å². The quantitative estimate of drug-likeness (QED) is 0.685. The largest absolute Gasteiger partial charge is 0.324 e. The molecule has 0 aliphatic carbocycles. The van der Waals surface area contributed by atoms with Crippen LogP contribution in [0.15, 0.2) is 47.6 Å². The lowest BCUT2D eigenvalue weighted by atomic mass is 10.1. The van der Waals surface area contributed by atoms with Gasteiger partial charge in [0.2, 0.25) is 11.1 Å². The molecule has 8 heteroatoms. The predicted molar refractivity (Wildman–Crippen MR) is 104 cm³/mol. The summed E-state index contributed by atoms with van der Waals surface area (Å²) in [6.45, 7) is 5.81. The van der Waals surface area contributed by atoms with E-state index in [-0.39, 0.29) is 5.91 Å². The second-order valence-electron chi connectivity index (χ2n) is 6.00. The molecule has 136 valence electrons. The second kappa shape index (κ2) is 8.01. The first-order valence-corrected chi connectivity index (χ1v) is 9.21. The fourth-order valence-electron chi connectivity index (χ4n) is 2.50. The number of nitrogens with zero attached hydrogens (tertiary/aromatic N) is 5. The molecule has 0 saturated heterocycles. The Kier molecular flexibility index (Phi) is 5.52. The molecule has 7 nitrogen and oxygen atoms in total. The van der Waals surface area contributed by atoms with Gasteiger partial charge in [0.05, 0.1) is 22.2 Å². The molecule has 3 rings (SSSR count). The highest BCUT2D eigenvalue weighted by atomic mass is 32.2. The Morgan fingerprint density at radius 3 is 2.78 bits per heavy atom. The summed E-state index contributed by atoms with van der Waals surface area (Å²) in [4.78, 5) is 12.6. The maximum atomic E-state index is 12.6. The van der Waals surface area contributed by atoms with E-state index in [1.54, 1.807) is 35.9 Å². The highest BCUT2D eigenvalue weighted by Crippen LogP contribution is 2.26. The summed E-state index contributed by atoms with van der Waals surface area (Å²) >= 11 is 1.26. The number of thioether (sulfide) groups is 1. The average Bonchev–Trinajstić information content (AvgIpc) is 3.12. The van der Waals surface area contributed by atoms with Crippen LogP contribution < -0.4 is 5.32 Å². The van der Waals surface area contributed by atoms with Gasteiger partial charge in [0.25, 0.3) is 0 Å². The Morgan fingerprint density at radius 1 is 1.22 bits per heavy atom. The molecule has 27 heavy (non-hydrogen) atoms. The minimum absolute atomic E-state index is 0.224. The summed E-state index contributed by atoms with van der Waals surface area (Å²) in [5.74, 6) is -0.224. The van der Waals surface area contributed by atoms with Gasteiger partial charge in [0, 0.05) is 0 Å². The number of benzene rings is 2. The van der Waals surface area contributed by atoms with Gasteiger partial charge in [-0.15, -0.1) is 5.10 Å². The zero-order valence-electron chi connectivity index (χ0n) is 15.2. The molecule has 0 aliphatic rings. The van der Waals surface area contributed by atoms with Crippen molar-refractivity contribution in [2.24, 2.45) is 0 Å². The number of rotatable bonds is 5. The summed E-state index contributed by atoms with van der Waals surface area (Å²) in [5.41, 5.74) is 4.00.